The number of carbonyl (C=O) groups excluding carboxylic acids is 2. The molecule has 2 saturated heterocycles. The zero-order valence-electron chi connectivity index (χ0n) is 10.0. The van der Waals surface area contributed by atoms with Crippen LogP contribution < -0.4 is 0 Å². The summed E-state index contributed by atoms with van der Waals surface area (Å²) in [5.74, 6) is -0.679. The minimum Gasteiger partial charge on any atom is -0.391 e. The van der Waals surface area contributed by atoms with E-state index in [0.717, 1.165) is 32.2 Å². The second-order valence-corrected chi connectivity index (χ2v) is 4.98. The molecule has 0 spiro atoms. The Labute approximate surface area is 101 Å². The van der Waals surface area contributed by atoms with E-state index in [-0.39, 0.29) is 5.91 Å². The standard InChI is InChI=1S/C12H20N2O3/c15-9-10(7-13-4-1-2-5-13)12(17)14-6-3-11(16)8-14/h9-11,16H,1-8H2. The van der Waals surface area contributed by atoms with Crippen LogP contribution in [0.25, 0.3) is 0 Å². The van der Waals surface area contributed by atoms with Gasteiger partial charge < -0.3 is 19.7 Å². The van der Waals surface area contributed by atoms with Crippen molar-refractivity contribution in [2.24, 2.45) is 5.92 Å². The van der Waals surface area contributed by atoms with Crippen LogP contribution in [0.4, 0.5) is 0 Å². The number of aliphatic hydroxyl groups excluding tert-OH is 1. The molecule has 0 aliphatic carbocycles. The molecule has 2 fully saturated rings. The SMILES string of the molecule is O=CC(CN1CCCC1)C(=O)N1CCC(O)C1. The summed E-state index contributed by atoms with van der Waals surface area (Å²) in [6.45, 7) is 3.46. The summed E-state index contributed by atoms with van der Waals surface area (Å²) in [5.41, 5.74) is 0. The van der Waals surface area contributed by atoms with Gasteiger partial charge in [-0.3, -0.25) is 4.79 Å². The van der Waals surface area contributed by atoms with Gasteiger partial charge >= 0.3 is 0 Å². The Morgan fingerprint density at radius 1 is 1.35 bits per heavy atom. The lowest BCUT2D eigenvalue weighted by molar-refractivity contribution is -0.138. The van der Waals surface area contributed by atoms with Crippen molar-refractivity contribution in [3.63, 3.8) is 0 Å². The second kappa shape index (κ2) is 5.60. The van der Waals surface area contributed by atoms with Crippen LogP contribution in [0.2, 0.25) is 0 Å². The summed E-state index contributed by atoms with van der Waals surface area (Å²) in [5, 5.41) is 9.39. The fraction of sp³-hybridized carbons (Fsp3) is 0.833. The monoisotopic (exact) mass is 240 g/mol. The van der Waals surface area contributed by atoms with Crippen molar-refractivity contribution >= 4 is 12.2 Å². The van der Waals surface area contributed by atoms with Crippen LogP contribution in [0.3, 0.4) is 0 Å². The number of aldehydes is 1. The van der Waals surface area contributed by atoms with Crippen molar-refractivity contribution in [1.29, 1.82) is 0 Å². The maximum absolute atomic E-state index is 12.1. The summed E-state index contributed by atoms with van der Waals surface area (Å²) in [7, 11) is 0. The number of nitrogens with zero attached hydrogens (tertiary/aromatic N) is 2. The fourth-order valence-electron chi connectivity index (χ4n) is 2.60. The highest BCUT2D eigenvalue weighted by atomic mass is 16.3. The largest absolute Gasteiger partial charge is 0.391 e. The zero-order chi connectivity index (χ0) is 12.3. The van der Waals surface area contributed by atoms with Gasteiger partial charge in [-0.15, -0.1) is 0 Å². The summed E-state index contributed by atoms with van der Waals surface area (Å²) in [6.07, 6.45) is 3.27. The molecule has 0 bridgehead atoms. The number of likely N-dealkylation sites (tertiary alicyclic amines) is 2. The van der Waals surface area contributed by atoms with Crippen molar-refractivity contribution < 1.29 is 14.7 Å². The van der Waals surface area contributed by atoms with Crippen LogP contribution in [0.5, 0.6) is 0 Å². The van der Waals surface area contributed by atoms with Crippen LogP contribution in [-0.4, -0.2) is 65.9 Å². The minimum absolute atomic E-state index is 0.122. The number of β-amino-alcohol motifs (C(OH)–C–C–N with tert-alkyl or cyclic N) is 1. The highest BCUT2D eigenvalue weighted by Crippen LogP contribution is 2.15. The lowest BCUT2D eigenvalue weighted by atomic mass is 10.1. The van der Waals surface area contributed by atoms with Gasteiger partial charge in [0.2, 0.25) is 5.91 Å². The molecule has 0 aromatic rings. The predicted molar refractivity (Wildman–Crippen MR) is 62.4 cm³/mol. The van der Waals surface area contributed by atoms with Crippen LogP contribution in [0.1, 0.15) is 19.3 Å². The van der Waals surface area contributed by atoms with E-state index in [2.05, 4.69) is 4.90 Å². The molecule has 2 atom stereocenters. The molecule has 1 N–H and O–H groups in total. The van der Waals surface area contributed by atoms with E-state index in [9.17, 15) is 14.7 Å². The molecular formula is C12H20N2O3. The van der Waals surface area contributed by atoms with Gasteiger partial charge in [-0.1, -0.05) is 0 Å². The molecule has 0 saturated carbocycles. The average molecular weight is 240 g/mol. The maximum atomic E-state index is 12.1. The predicted octanol–water partition coefficient (Wildman–Crippen LogP) is -0.509. The van der Waals surface area contributed by atoms with E-state index in [1.165, 1.54) is 0 Å². The summed E-state index contributed by atoms with van der Waals surface area (Å²) >= 11 is 0. The Bertz CT molecular complexity index is 289. The molecule has 96 valence electrons. The molecule has 2 heterocycles. The molecule has 5 nitrogen and oxygen atoms in total. The Balaban J connectivity index is 1.88. The number of hydrogen-bond acceptors (Lipinski definition) is 4. The first kappa shape index (κ1) is 12.5. The first-order valence-corrected chi connectivity index (χ1v) is 6.35. The van der Waals surface area contributed by atoms with Crippen molar-refractivity contribution in [3.05, 3.63) is 0 Å². The maximum Gasteiger partial charge on any atom is 0.234 e. The lowest BCUT2D eigenvalue weighted by Crippen LogP contribution is -2.41. The first-order valence-electron chi connectivity index (χ1n) is 6.35. The van der Waals surface area contributed by atoms with Gasteiger partial charge in [-0.05, 0) is 32.4 Å². The molecule has 2 rings (SSSR count). The molecule has 17 heavy (non-hydrogen) atoms. The third-order valence-electron chi connectivity index (χ3n) is 3.61. The lowest BCUT2D eigenvalue weighted by Gasteiger charge is -2.23. The summed E-state index contributed by atoms with van der Waals surface area (Å²) in [6, 6.07) is 0. The molecule has 0 aromatic carbocycles. The van der Waals surface area contributed by atoms with Crippen LogP contribution in [0.15, 0.2) is 0 Å². The van der Waals surface area contributed by atoms with Gasteiger partial charge in [-0.2, -0.15) is 0 Å². The van der Waals surface area contributed by atoms with Gasteiger partial charge in [0.1, 0.15) is 12.2 Å². The molecule has 0 radical (unpaired) electrons. The number of carbonyl (C=O) groups is 2. The third-order valence-corrected chi connectivity index (χ3v) is 3.61. The second-order valence-electron chi connectivity index (χ2n) is 4.98. The Morgan fingerprint density at radius 2 is 2.06 bits per heavy atom. The molecular weight excluding hydrogens is 220 g/mol. The van der Waals surface area contributed by atoms with E-state index < -0.39 is 12.0 Å². The minimum atomic E-state index is -0.557. The van der Waals surface area contributed by atoms with Gasteiger partial charge in [0.25, 0.3) is 0 Å². The molecule has 2 aliphatic rings. The van der Waals surface area contributed by atoms with E-state index >= 15 is 0 Å². The molecule has 5 heteroatoms. The molecule has 2 unspecified atom stereocenters. The number of hydrogen-bond donors (Lipinski definition) is 1. The topological polar surface area (TPSA) is 60.9 Å². The van der Waals surface area contributed by atoms with Gasteiger partial charge in [0.15, 0.2) is 0 Å². The Hall–Kier alpha value is -0.940. The highest BCUT2D eigenvalue weighted by Gasteiger charge is 2.31. The van der Waals surface area contributed by atoms with Crippen LogP contribution >= 0.6 is 0 Å². The van der Waals surface area contributed by atoms with Crippen LogP contribution in [0, 0.1) is 5.92 Å². The fourth-order valence-corrected chi connectivity index (χ4v) is 2.60. The molecule has 0 aromatic heterocycles. The quantitative estimate of drug-likeness (QED) is 0.531. The van der Waals surface area contributed by atoms with E-state index in [0.29, 0.717) is 26.1 Å². The van der Waals surface area contributed by atoms with Crippen molar-refractivity contribution in [3.8, 4) is 0 Å². The van der Waals surface area contributed by atoms with E-state index in [4.69, 9.17) is 0 Å². The zero-order valence-corrected chi connectivity index (χ0v) is 10.0. The molecule has 2 aliphatic heterocycles. The van der Waals surface area contributed by atoms with Gasteiger partial charge in [0.05, 0.1) is 6.10 Å². The van der Waals surface area contributed by atoms with E-state index in [1.807, 2.05) is 0 Å². The smallest absolute Gasteiger partial charge is 0.234 e. The average Bonchev–Trinajstić information content (AvgIpc) is 2.96. The third kappa shape index (κ3) is 3.04. The van der Waals surface area contributed by atoms with Crippen molar-refractivity contribution in [1.82, 2.24) is 9.80 Å². The number of rotatable bonds is 4. The van der Waals surface area contributed by atoms with Gasteiger partial charge in [-0.25, -0.2) is 0 Å². The van der Waals surface area contributed by atoms with Crippen molar-refractivity contribution in [2.45, 2.75) is 25.4 Å². The Kier molecular flexibility index (Phi) is 4.12. The number of amides is 1. The molecule has 1 amide bonds. The normalized spacial score (nSPS) is 27.4. The first-order chi connectivity index (χ1) is 8.20. The van der Waals surface area contributed by atoms with E-state index in [1.54, 1.807) is 4.90 Å². The summed E-state index contributed by atoms with van der Waals surface area (Å²) < 4.78 is 0. The number of aliphatic hydroxyl groups is 1. The highest BCUT2D eigenvalue weighted by molar-refractivity contribution is 5.92. The summed E-state index contributed by atoms with van der Waals surface area (Å²) in [4.78, 5) is 26.9. The van der Waals surface area contributed by atoms with Gasteiger partial charge in [0, 0.05) is 19.6 Å². The van der Waals surface area contributed by atoms with Crippen LogP contribution in [-0.2, 0) is 9.59 Å². The van der Waals surface area contributed by atoms with Crippen molar-refractivity contribution in [2.75, 3.05) is 32.7 Å². The Morgan fingerprint density at radius 3 is 2.59 bits per heavy atom.